The van der Waals surface area contributed by atoms with Gasteiger partial charge in [0.1, 0.15) is 11.3 Å². The summed E-state index contributed by atoms with van der Waals surface area (Å²) in [6.45, 7) is 10.2. The smallest absolute Gasteiger partial charge is 0.309 e. The van der Waals surface area contributed by atoms with Crippen molar-refractivity contribution in [3.8, 4) is 0 Å². The van der Waals surface area contributed by atoms with Gasteiger partial charge in [0.15, 0.2) is 5.82 Å². The Hall–Kier alpha value is -3.49. The molecule has 0 aliphatic carbocycles. The average molecular weight is 559 g/mol. The van der Waals surface area contributed by atoms with Crippen molar-refractivity contribution >= 4 is 33.7 Å². The Labute approximate surface area is 244 Å². The molecule has 0 aliphatic rings. The lowest BCUT2D eigenvalue weighted by atomic mass is 10.1. The highest BCUT2D eigenvalue weighted by Gasteiger charge is 2.17. The summed E-state index contributed by atoms with van der Waals surface area (Å²) in [4.78, 5) is 26.4. The lowest BCUT2D eigenvalue weighted by Crippen LogP contribution is -2.29. The maximum absolute atomic E-state index is 11.8. The van der Waals surface area contributed by atoms with Gasteiger partial charge in [0.05, 0.1) is 24.6 Å². The van der Waals surface area contributed by atoms with Gasteiger partial charge in [-0.25, -0.2) is 9.97 Å². The minimum absolute atomic E-state index is 0.212. The molecule has 2 N–H and O–H groups in total. The van der Waals surface area contributed by atoms with Crippen molar-refractivity contribution in [2.75, 3.05) is 46.1 Å². The van der Waals surface area contributed by atoms with Gasteiger partial charge < -0.3 is 19.9 Å². The van der Waals surface area contributed by atoms with Crippen molar-refractivity contribution in [1.29, 1.82) is 0 Å². The molecule has 0 unspecified atom stereocenters. The molecule has 0 amide bonds. The molecule has 0 bridgehead atoms. The first-order valence-corrected chi connectivity index (χ1v) is 15.0. The van der Waals surface area contributed by atoms with Crippen LogP contribution in [-0.4, -0.2) is 70.6 Å². The van der Waals surface area contributed by atoms with Crippen molar-refractivity contribution in [3.63, 3.8) is 0 Å². The van der Waals surface area contributed by atoms with E-state index in [2.05, 4.69) is 64.5 Å². The number of methoxy groups -OCH3 is 1. The Bertz CT molecular complexity index is 1430. The van der Waals surface area contributed by atoms with Crippen LogP contribution in [0.2, 0.25) is 0 Å². The van der Waals surface area contributed by atoms with Gasteiger partial charge >= 0.3 is 5.97 Å². The molecule has 0 fully saturated rings. The number of pyridine rings is 1. The largest absolute Gasteiger partial charge is 0.469 e. The summed E-state index contributed by atoms with van der Waals surface area (Å²) in [7, 11) is 3.61. The van der Waals surface area contributed by atoms with Gasteiger partial charge in [-0.05, 0) is 63.1 Å². The summed E-state index contributed by atoms with van der Waals surface area (Å²) in [6.07, 6.45) is 5.53. The molecule has 2 heterocycles. The number of benzene rings is 2. The average Bonchev–Trinajstić information content (AvgIpc) is 3.35. The second-order valence-corrected chi connectivity index (χ2v) is 10.9. The van der Waals surface area contributed by atoms with E-state index in [4.69, 9.17) is 15.5 Å². The van der Waals surface area contributed by atoms with Gasteiger partial charge in [-0.2, -0.15) is 0 Å². The van der Waals surface area contributed by atoms with Crippen molar-refractivity contribution in [3.05, 3.63) is 65.5 Å². The molecule has 4 aromatic rings. The van der Waals surface area contributed by atoms with Crippen LogP contribution in [0.5, 0.6) is 0 Å². The van der Waals surface area contributed by atoms with Crippen LogP contribution in [0.25, 0.3) is 21.9 Å². The zero-order valence-electron chi connectivity index (χ0n) is 25.2. The zero-order chi connectivity index (χ0) is 29.2. The van der Waals surface area contributed by atoms with E-state index < -0.39 is 0 Å². The van der Waals surface area contributed by atoms with E-state index in [-0.39, 0.29) is 5.97 Å². The number of nitrogens with zero attached hydrogens (tertiary/aromatic N) is 5. The number of nitrogens with two attached hydrogens (primary N) is 1. The first-order valence-electron chi connectivity index (χ1n) is 15.0. The highest BCUT2D eigenvalue weighted by molar-refractivity contribution is 6.06. The molecule has 8 nitrogen and oxygen atoms in total. The molecule has 0 atom stereocenters. The molecule has 8 heteroatoms. The monoisotopic (exact) mass is 558 g/mol. The molecule has 0 spiro atoms. The fourth-order valence-corrected chi connectivity index (χ4v) is 5.45. The van der Waals surface area contributed by atoms with Crippen LogP contribution in [0, 0.1) is 0 Å². The number of anilines is 1. The van der Waals surface area contributed by atoms with Crippen molar-refractivity contribution in [1.82, 2.24) is 24.3 Å². The first-order chi connectivity index (χ1) is 19.9. The van der Waals surface area contributed by atoms with Crippen LogP contribution in [-0.2, 0) is 35.5 Å². The highest BCUT2D eigenvalue weighted by Crippen LogP contribution is 2.29. The van der Waals surface area contributed by atoms with Gasteiger partial charge in [0, 0.05) is 31.4 Å². The summed E-state index contributed by atoms with van der Waals surface area (Å²) in [6, 6.07) is 16.5. The van der Waals surface area contributed by atoms with E-state index in [9.17, 15) is 4.79 Å². The summed E-state index contributed by atoms with van der Waals surface area (Å²) < 4.78 is 7.27. The molecule has 0 aliphatic heterocycles. The number of carbonyl (C=O) groups is 1. The van der Waals surface area contributed by atoms with Crippen molar-refractivity contribution in [2.24, 2.45) is 0 Å². The van der Waals surface area contributed by atoms with E-state index in [1.165, 1.54) is 12.7 Å². The standard InChI is InChI=1S/C33H46N6O2/c1-5-7-17-29-36-31-32(27-15-8-9-16-28(27)35-33(31)34)39(29)21-12-20-38(19-11-18-37(3)6-2)24-26-14-10-13-25(22-26)23-30(40)41-4/h8-10,13-16,22H,5-7,11-12,17-21,23-24H2,1-4H3,(H2,34,35). The number of hydrogen-bond acceptors (Lipinski definition) is 7. The molecule has 0 saturated carbocycles. The van der Waals surface area contributed by atoms with E-state index in [0.717, 1.165) is 105 Å². The second-order valence-electron chi connectivity index (χ2n) is 10.9. The Morgan fingerprint density at radius 1 is 0.976 bits per heavy atom. The number of esters is 1. The molecule has 0 saturated heterocycles. The Kier molecular flexibility index (Phi) is 11.1. The van der Waals surface area contributed by atoms with Crippen LogP contribution in [0.1, 0.15) is 56.5 Å². The number of imidazole rings is 1. The summed E-state index contributed by atoms with van der Waals surface area (Å²) in [5.41, 5.74) is 11.4. The van der Waals surface area contributed by atoms with Crippen LogP contribution in [0.4, 0.5) is 5.82 Å². The Morgan fingerprint density at radius 3 is 2.54 bits per heavy atom. The third-order valence-electron chi connectivity index (χ3n) is 7.83. The number of aryl methyl sites for hydroxylation is 2. The lowest BCUT2D eigenvalue weighted by Gasteiger charge is -2.24. The maximum Gasteiger partial charge on any atom is 0.309 e. The van der Waals surface area contributed by atoms with Crippen molar-refractivity contribution < 1.29 is 9.53 Å². The third-order valence-corrected chi connectivity index (χ3v) is 7.83. The van der Waals surface area contributed by atoms with Crippen LogP contribution in [0.15, 0.2) is 48.5 Å². The van der Waals surface area contributed by atoms with Crippen LogP contribution >= 0.6 is 0 Å². The van der Waals surface area contributed by atoms with E-state index in [0.29, 0.717) is 12.2 Å². The predicted molar refractivity (Wildman–Crippen MR) is 168 cm³/mol. The Balaban J connectivity index is 1.55. The number of nitrogen functional groups attached to an aromatic ring is 1. The molecule has 4 rings (SSSR count). The van der Waals surface area contributed by atoms with Gasteiger partial charge in [-0.1, -0.05) is 62.7 Å². The molecule has 2 aromatic heterocycles. The fraction of sp³-hybridized carbons (Fsp3) is 0.485. The summed E-state index contributed by atoms with van der Waals surface area (Å²) >= 11 is 0. The van der Waals surface area contributed by atoms with Crippen LogP contribution in [0.3, 0.4) is 0 Å². The molecular weight excluding hydrogens is 512 g/mol. The van der Waals surface area contributed by atoms with Gasteiger partial charge in [0.2, 0.25) is 0 Å². The SMILES string of the molecule is CCCCc1nc2c(N)nc3ccccc3c2n1CCCN(CCCN(C)CC)Cc1cccc(CC(=O)OC)c1. The number of fused-ring (bicyclic) bond motifs is 3. The summed E-state index contributed by atoms with van der Waals surface area (Å²) in [5.74, 6) is 1.39. The topological polar surface area (TPSA) is 89.5 Å². The molecule has 2 aromatic carbocycles. The maximum atomic E-state index is 11.8. The van der Waals surface area contributed by atoms with Gasteiger partial charge in [-0.15, -0.1) is 0 Å². The number of unbranched alkanes of at least 4 members (excludes halogenated alkanes) is 1. The number of ether oxygens (including phenoxy) is 1. The van der Waals surface area contributed by atoms with E-state index in [1.807, 2.05) is 24.3 Å². The van der Waals surface area contributed by atoms with Gasteiger partial charge in [0.25, 0.3) is 0 Å². The normalized spacial score (nSPS) is 11.8. The number of rotatable bonds is 16. The third kappa shape index (κ3) is 8.05. The minimum atomic E-state index is -0.212. The minimum Gasteiger partial charge on any atom is -0.469 e. The summed E-state index contributed by atoms with van der Waals surface area (Å²) in [5, 5.41) is 1.11. The fourth-order valence-electron chi connectivity index (χ4n) is 5.45. The quantitative estimate of drug-likeness (QED) is 0.183. The Morgan fingerprint density at radius 2 is 1.76 bits per heavy atom. The second kappa shape index (κ2) is 14.9. The number of hydrogen-bond donors (Lipinski definition) is 1. The molecule has 41 heavy (non-hydrogen) atoms. The molecule has 220 valence electrons. The number of para-hydroxylation sites is 1. The first kappa shape index (κ1) is 30.5. The van der Waals surface area contributed by atoms with Crippen molar-refractivity contribution in [2.45, 2.75) is 65.5 Å². The van der Waals surface area contributed by atoms with E-state index >= 15 is 0 Å². The van der Waals surface area contributed by atoms with Crippen LogP contribution < -0.4 is 5.73 Å². The molecule has 0 radical (unpaired) electrons. The predicted octanol–water partition coefficient (Wildman–Crippen LogP) is 5.46. The lowest BCUT2D eigenvalue weighted by molar-refractivity contribution is -0.139. The number of aromatic nitrogens is 3. The number of carbonyl (C=O) groups excluding carboxylic acids is 1. The molecular formula is C33H46N6O2. The van der Waals surface area contributed by atoms with Gasteiger partial charge in [-0.3, -0.25) is 9.69 Å². The van der Waals surface area contributed by atoms with E-state index in [1.54, 1.807) is 0 Å². The zero-order valence-corrected chi connectivity index (χ0v) is 25.2. The highest BCUT2D eigenvalue weighted by atomic mass is 16.5.